The number of halogens is 1. The molecule has 1 heteroatoms. The number of hydrogen-bond acceptors (Lipinski definition) is 0. The lowest BCUT2D eigenvalue weighted by atomic mass is 9.99. The molecule has 0 bridgehead atoms. The van der Waals surface area contributed by atoms with Crippen LogP contribution in [0.2, 0.25) is 0 Å². The highest BCUT2D eigenvalue weighted by atomic mass is 19.1. The van der Waals surface area contributed by atoms with Crippen LogP contribution in [-0.2, 0) is 6.42 Å². The van der Waals surface area contributed by atoms with E-state index in [1.165, 1.54) is 5.56 Å². The van der Waals surface area contributed by atoms with Crippen LogP contribution in [0.3, 0.4) is 0 Å². The smallest absolute Gasteiger partial charge is 0.0962 e. The van der Waals surface area contributed by atoms with Gasteiger partial charge < -0.3 is 0 Å². The van der Waals surface area contributed by atoms with Gasteiger partial charge in [0.1, 0.15) is 0 Å². The normalized spacial score (nSPS) is 12.8. The lowest BCUT2D eigenvalue weighted by Crippen LogP contribution is -1.96. The zero-order valence-corrected chi connectivity index (χ0v) is 8.09. The average molecular weight is 179 g/mol. The highest BCUT2D eigenvalue weighted by molar-refractivity contribution is 5.27. The molecule has 13 heavy (non-hydrogen) atoms. The van der Waals surface area contributed by atoms with E-state index in [-0.39, 0.29) is 12.6 Å². The summed E-state index contributed by atoms with van der Waals surface area (Å²) in [5.41, 5.74) is 2.29. The number of rotatable bonds is 4. The Bertz CT molecular complexity index is 255. The van der Waals surface area contributed by atoms with Crippen LogP contribution in [0.15, 0.2) is 24.3 Å². The fraction of sp³-hybridized carbons (Fsp3) is 0.417. The van der Waals surface area contributed by atoms with E-state index in [1.807, 2.05) is 12.1 Å². The third kappa shape index (κ3) is 2.83. The molecule has 0 N–H and O–H groups in total. The molecule has 1 radical (unpaired) electrons. The maximum absolute atomic E-state index is 12.3. The summed E-state index contributed by atoms with van der Waals surface area (Å²) in [5.74, 6) is -0.211. The van der Waals surface area contributed by atoms with Crippen LogP contribution >= 0.6 is 0 Å². The molecule has 1 unspecified atom stereocenters. The molecule has 1 atom stereocenters. The number of benzene rings is 1. The molecule has 0 aliphatic carbocycles. The number of aryl methyl sites for hydroxylation is 1. The molecular formula is C12H16F. The Morgan fingerprint density at radius 2 is 2.23 bits per heavy atom. The first kappa shape index (κ1) is 10.2. The molecule has 0 aliphatic heterocycles. The minimum absolute atomic E-state index is 0.211. The van der Waals surface area contributed by atoms with E-state index in [9.17, 15) is 4.39 Å². The maximum Gasteiger partial charge on any atom is 0.0962 e. The molecule has 0 fully saturated rings. The second kappa shape index (κ2) is 5.00. The first-order valence-corrected chi connectivity index (χ1v) is 4.75. The predicted octanol–water partition coefficient (Wildman–Crippen LogP) is 3.53. The Morgan fingerprint density at radius 3 is 2.85 bits per heavy atom. The van der Waals surface area contributed by atoms with Gasteiger partial charge in [0.15, 0.2) is 0 Å². The fourth-order valence-corrected chi connectivity index (χ4v) is 1.38. The Morgan fingerprint density at radius 1 is 1.46 bits per heavy atom. The maximum atomic E-state index is 12.3. The Hall–Kier alpha value is -0.850. The molecule has 0 saturated carbocycles. The predicted molar refractivity (Wildman–Crippen MR) is 54.5 cm³/mol. The zero-order chi connectivity index (χ0) is 9.68. The Balaban J connectivity index is 2.78. The largest absolute Gasteiger partial charge is 0.250 e. The quantitative estimate of drug-likeness (QED) is 0.663. The van der Waals surface area contributed by atoms with Crippen LogP contribution < -0.4 is 0 Å². The molecule has 0 nitrogen and oxygen atoms in total. The van der Waals surface area contributed by atoms with Gasteiger partial charge in [-0.05, 0) is 24.5 Å². The Labute approximate surface area is 79.8 Å². The molecule has 0 aromatic heterocycles. The van der Waals surface area contributed by atoms with Gasteiger partial charge in [-0.15, -0.1) is 0 Å². The molecule has 0 aliphatic rings. The third-order valence-electron chi connectivity index (χ3n) is 2.15. The van der Waals surface area contributed by atoms with E-state index < -0.39 is 0 Å². The topological polar surface area (TPSA) is 0 Å². The summed E-state index contributed by atoms with van der Waals surface area (Å²) in [7, 11) is 0. The van der Waals surface area contributed by atoms with Gasteiger partial charge in [-0.2, -0.15) is 0 Å². The zero-order valence-electron chi connectivity index (χ0n) is 8.09. The summed E-state index contributed by atoms with van der Waals surface area (Å²) >= 11 is 0. The van der Waals surface area contributed by atoms with Gasteiger partial charge >= 0.3 is 0 Å². The molecule has 71 valence electrons. The van der Waals surface area contributed by atoms with Gasteiger partial charge in [0.05, 0.1) is 6.67 Å². The van der Waals surface area contributed by atoms with Crippen LogP contribution in [-0.4, -0.2) is 6.67 Å². The van der Waals surface area contributed by atoms with Crippen LogP contribution in [0.25, 0.3) is 0 Å². The molecule has 1 rings (SSSR count). The summed E-state index contributed by atoms with van der Waals surface area (Å²) < 4.78 is 12.3. The summed E-state index contributed by atoms with van der Waals surface area (Å²) in [5, 5.41) is 0. The van der Waals surface area contributed by atoms with Crippen LogP contribution in [0.4, 0.5) is 4.39 Å². The van der Waals surface area contributed by atoms with Gasteiger partial charge in [-0.3, -0.25) is 4.39 Å². The van der Waals surface area contributed by atoms with E-state index >= 15 is 0 Å². The first-order chi connectivity index (χ1) is 6.27. The number of alkyl halides is 1. The molecular weight excluding hydrogens is 163 g/mol. The van der Waals surface area contributed by atoms with Crippen molar-refractivity contribution in [3.05, 3.63) is 42.3 Å². The SMILES string of the molecule is [CH2]C(CF)c1cccc(CCC)c1. The first-order valence-electron chi connectivity index (χ1n) is 4.75. The van der Waals surface area contributed by atoms with E-state index in [0.717, 1.165) is 18.4 Å². The molecule has 0 saturated heterocycles. The van der Waals surface area contributed by atoms with Crippen molar-refractivity contribution in [1.82, 2.24) is 0 Å². The monoisotopic (exact) mass is 179 g/mol. The second-order valence-corrected chi connectivity index (χ2v) is 3.35. The second-order valence-electron chi connectivity index (χ2n) is 3.35. The summed E-state index contributed by atoms with van der Waals surface area (Å²) in [6, 6.07) is 8.06. The highest BCUT2D eigenvalue weighted by Gasteiger charge is 2.04. The van der Waals surface area contributed by atoms with Gasteiger partial charge in [0.25, 0.3) is 0 Å². The van der Waals surface area contributed by atoms with Gasteiger partial charge in [0, 0.05) is 5.92 Å². The third-order valence-corrected chi connectivity index (χ3v) is 2.15. The minimum atomic E-state index is -0.379. The minimum Gasteiger partial charge on any atom is -0.250 e. The van der Waals surface area contributed by atoms with Crippen molar-refractivity contribution >= 4 is 0 Å². The summed E-state index contributed by atoms with van der Waals surface area (Å²) in [6.45, 7) is 5.52. The summed E-state index contributed by atoms with van der Waals surface area (Å²) in [4.78, 5) is 0. The van der Waals surface area contributed by atoms with Gasteiger partial charge in [0.2, 0.25) is 0 Å². The molecule has 1 aromatic carbocycles. The van der Waals surface area contributed by atoms with Crippen LogP contribution in [0.1, 0.15) is 30.4 Å². The Kier molecular flexibility index (Phi) is 3.94. The van der Waals surface area contributed by atoms with Crippen molar-refractivity contribution in [3.63, 3.8) is 0 Å². The molecule has 0 heterocycles. The molecule has 1 aromatic rings. The van der Waals surface area contributed by atoms with Crippen molar-refractivity contribution in [2.75, 3.05) is 6.67 Å². The van der Waals surface area contributed by atoms with E-state index in [4.69, 9.17) is 0 Å². The van der Waals surface area contributed by atoms with Crippen molar-refractivity contribution < 1.29 is 4.39 Å². The van der Waals surface area contributed by atoms with Crippen LogP contribution in [0, 0.1) is 6.92 Å². The van der Waals surface area contributed by atoms with Gasteiger partial charge in [-0.25, -0.2) is 0 Å². The number of hydrogen-bond donors (Lipinski definition) is 0. The summed E-state index contributed by atoms with van der Waals surface area (Å²) in [6.07, 6.45) is 2.19. The van der Waals surface area contributed by atoms with Crippen molar-refractivity contribution in [3.8, 4) is 0 Å². The molecule has 0 amide bonds. The lowest BCUT2D eigenvalue weighted by molar-refractivity contribution is 0.465. The lowest BCUT2D eigenvalue weighted by Gasteiger charge is -2.08. The van der Waals surface area contributed by atoms with E-state index in [0.29, 0.717) is 0 Å². The van der Waals surface area contributed by atoms with E-state index in [1.54, 1.807) is 0 Å². The molecule has 0 spiro atoms. The highest BCUT2D eigenvalue weighted by Crippen LogP contribution is 2.17. The van der Waals surface area contributed by atoms with Crippen molar-refractivity contribution in [1.29, 1.82) is 0 Å². The standard InChI is InChI=1S/C12H16F/c1-3-5-11-6-4-7-12(8-11)10(2)9-13/h4,6-8,10H,2-3,5,9H2,1H3. The van der Waals surface area contributed by atoms with Crippen molar-refractivity contribution in [2.24, 2.45) is 0 Å². The van der Waals surface area contributed by atoms with Crippen LogP contribution in [0.5, 0.6) is 0 Å². The van der Waals surface area contributed by atoms with E-state index in [2.05, 4.69) is 26.0 Å². The van der Waals surface area contributed by atoms with Crippen molar-refractivity contribution in [2.45, 2.75) is 25.7 Å². The average Bonchev–Trinajstić information content (AvgIpc) is 2.18. The fourth-order valence-electron chi connectivity index (χ4n) is 1.38. The van der Waals surface area contributed by atoms with Gasteiger partial charge in [-0.1, -0.05) is 37.6 Å².